The lowest BCUT2D eigenvalue weighted by atomic mass is 9.89. The van der Waals surface area contributed by atoms with Crippen LogP contribution < -0.4 is 0 Å². The van der Waals surface area contributed by atoms with Gasteiger partial charge in [0.2, 0.25) is 0 Å². The molecular weight excluding hydrogens is 396 g/mol. The monoisotopic (exact) mass is 454 g/mol. The van der Waals surface area contributed by atoms with Crippen LogP contribution in [0.15, 0.2) is 11.6 Å². The van der Waals surface area contributed by atoms with Gasteiger partial charge in [0.15, 0.2) is 0 Å². The van der Waals surface area contributed by atoms with E-state index in [0.29, 0.717) is 5.88 Å². The van der Waals surface area contributed by atoms with E-state index in [1.54, 1.807) is 0 Å². The first-order valence-corrected chi connectivity index (χ1v) is 14.5. The van der Waals surface area contributed by atoms with Gasteiger partial charge in [0.25, 0.3) is 0 Å². The zero-order chi connectivity index (χ0) is 23.5. The molecule has 0 amide bonds. The van der Waals surface area contributed by atoms with Crippen molar-refractivity contribution >= 4 is 11.6 Å². The SMILES string of the molecule is C/C(=C\CCl)CCCC(C)CCCC(C)CCCC(C)CCCC(C)CCCC(C)C. The molecule has 0 aliphatic carbocycles. The van der Waals surface area contributed by atoms with Crippen LogP contribution in [0.2, 0.25) is 0 Å². The predicted molar refractivity (Wildman–Crippen MR) is 145 cm³/mol. The van der Waals surface area contributed by atoms with E-state index in [1.807, 2.05) is 0 Å². The Bertz CT molecular complexity index is 411. The average molecular weight is 455 g/mol. The highest BCUT2D eigenvalue weighted by atomic mass is 35.5. The zero-order valence-corrected chi connectivity index (χ0v) is 23.4. The summed E-state index contributed by atoms with van der Waals surface area (Å²) in [7, 11) is 0. The fourth-order valence-corrected chi connectivity index (χ4v) is 5.12. The fourth-order valence-electron chi connectivity index (χ4n) is 4.86. The second-order valence-electron chi connectivity index (χ2n) is 11.6. The standard InChI is InChI=1S/C30H59Cl/c1-25(2)13-8-14-26(3)15-9-16-27(4)17-10-18-28(5)19-11-20-29(6)21-12-22-30(7)23-24-31/h23,25-29H,8-22,24H2,1-7H3/b30-23+. The minimum absolute atomic E-state index is 0.663. The van der Waals surface area contributed by atoms with E-state index < -0.39 is 0 Å². The minimum Gasteiger partial charge on any atom is -0.122 e. The number of rotatable bonds is 21. The van der Waals surface area contributed by atoms with E-state index in [-0.39, 0.29) is 0 Å². The Kier molecular flexibility index (Phi) is 20.6. The van der Waals surface area contributed by atoms with Gasteiger partial charge < -0.3 is 0 Å². The first-order chi connectivity index (χ1) is 14.7. The first-order valence-electron chi connectivity index (χ1n) is 14.0. The van der Waals surface area contributed by atoms with Crippen molar-refractivity contribution < 1.29 is 0 Å². The molecule has 0 spiro atoms. The van der Waals surface area contributed by atoms with Crippen molar-refractivity contribution in [2.75, 3.05) is 5.88 Å². The predicted octanol–water partition coefficient (Wildman–Crippen LogP) is 11.2. The van der Waals surface area contributed by atoms with Crippen molar-refractivity contribution in [3.8, 4) is 0 Å². The van der Waals surface area contributed by atoms with Crippen molar-refractivity contribution in [3.63, 3.8) is 0 Å². The third-order valence-electron chi connectivity index (χ3n) is 7.35. The Morgan fingerprint density at radius 2 is 0.871 bits per heavy atom. The second kappa shape index (κ2) is 20.6. The minimum atomic E-state index is 0.663. The molecule has 0 saturated carbocycles. The summed E-state index contributed by atoms with van der Waals surface area (Å²) >= 11 is 5.77. The fraction of sp³-hybridized carbons (Fsp3) is 0.933. The smallest absolute Gasteiger partial charge is 0.0406 e. The van der Waals surface area contributed by atoms with Crippen molar-refractivity contribution in [2.45, 2.75) is 145 Å². The highest BCUT2D eigenvalue weighted by Gasteiger charge is 2.09. The summed E-state index contributed by atoms with van der Waals surface area (Å²) < 4.78 is 0. The Morgan fingerprint density at radius 1 is 0.548 bits per heavy atom. The summed E-state index contributed by atoms with van der Waals surface area (Å²) in [5.41, 5.74) is 1.46. The van der Waals surface area contributed by atoms with Crippen LogP contribution in [0.5, 0.6) is 0 Å². The molecule has 4 unspecified atom stereocenters. The summed E-state index contributed by atoms with van der Waals surface area (Å²) in [5, 5.41) is 0. The van der Waals surface area contributed by atoms with Gasteiger partial charge in [-0.1, -0.05) is 137 Å². The van der Waals surface area contributed by atoms with E-state index in [1.165, 1.54) is 102 Å². The molecule has 0 aliphatic rings. The Hall–Kier alpha value is 0.0300. The van der Waals surface area contributed by atoms with Crippen LogP contribution in [0.25, 0.3) is 0 Å². The normalized spacial score (nSPS) is 16.5. The average Bonchev–Trinajstić information content (AvgIpc) is 2.68. The molecule has 186 valence electrons. The molecular formula is C30H59Cl. The molecule has 31 heavy (non-hydrogen) atoms. The molecule has 0 radical (unpaired) electrons. The summed E-state index contributed by atoms with van der Waals surface area (Å²) in [5.74, 6) is 5.18. The Morgan fingerprint density at radius 3 is 1.19 bits per heavy atom. The quantitative estimate of drug-likeness (QED) is 0.119. The lowest BCUT2D eigenvalue weighted by Crippen LogP contribution is -2.02. The molecule has 0 rings (SSSR count). The topological polar surface area (TPSA) is 0 Å². The number of hydrogen-bond acceptors (Lipinski definition) is 0. The lowest BCUT2D eigenvalue weighted by molar-refractivity contribution is 0.364. The first kappa shape index (κ1) is 31.0. The van der Waals surface area contributed by atoms with Gasteiger partial charge in [-0.15, -0.1) is 11.6 Å². The molecule has 0 bridgehead atoms. The van der Waals surface area contributed by atoms with Crippen molar-refractivity contribution in [3.05, 3.63) is 11.6 Å². The van der Waals surface area contributed by atoms with Crippen LogP contribution >= 0.6 is 11.6 Å². The largest absolute Gasteiger partial charge is 0.122 e. The van der Waals surface area contributed by atoms with Crippen LogP contribution in [0.1, 0.15) is 145 Å². The lowest BCUT2D eigenvalue weighted by Gasteiger charge is -2.17. The summed E-state index contributed by atoms with van der Waals surface area (Å²) in [4.78, 5) is 0. The third kappa shape index (κ3) is 21.6. The number of halogens is 1. The van der Waals surface area contributed by atoms with Gasteiger partial charge in [0, 0.05) is 5.88 Å². The maximum atomic E-state index is 5.77. The van der Waals surface area contributed by atoms with Crippen LogP contribution in [0.4, 0.5) is 0 Å². The van der Waals surface area contributed by atoms with E-state index in [9.17, 15) is 0 Å². The summed E-state index contributed by atoms with van der Waals surface area (Å²) in [6, 6.07) is 0. The van der Waals surface area contributed by atoms with Crippen molar-refractivity contribution in [2.24, 2.45) is 29.6 Å². The maximum Gasteiger partial charge on any atom is 0.0406 e. The second-order valence-corrected chi connectivity index (χ2v) is 11.9. The molecule has 4 atom stereocenters. The van der Waals surface area contributed by atoms with Gasteiger partial charge in [0.1, 0.15) is 0 Å². The van der Waals surface area contributed by atoms with Crippen LogP contribution in [-0.4, -0.2) is 5.88 Å². The molecule has 0 fully saturated rings. The number of hydrogen-bond donors (Lipinski definition) is 0. The van der Waals surface area contributed by atoms with E-state index >= 15 is 0 Å². The number of alkyl halides is 1. The Balaban J connectivity index is 3.62. The van der Waals surface area contributed by atoms with Crippen LogP contribution in [0, 0.1) is 29.6 Å². The van der Waals surface area contributed by atoms with E-state index in [2.05, 4.69) is 54.5 Å². The van der Waals surface area contributed by atoms with Crippen LogP contribution in [-0.2, 0) is 0 Å². The number of allylic oxidation sites excluding steroid dienone is 2. The van der Waals surface area contributed by atoms with Gasteiger partial charge in [0.05, 0.1) is 0 Å². The zero-order valence-electron chi connectivity index (χ0n) is 22.7. The molecule has 0 aromatic carbocycles. The van der Waals surface area contributed by atoms with Gasteiger partial charge in [-0.3, -0.25) is 0 Å². The van der Waals surface area contributed by atoms with Crippen LogP contribution in [0.3, 0.4) is 0 Å². The summed E-state index contributed by atoms with van der Waals surface area (Å²) in [6.07, 6.45) is 23.3. The molecule has 0 aromatic heterocycles. The van der Waals surface area contributed by atoms with E-state index in [0.717, 1.165) is 29.6 Å². The van der Waals surface area contributed by atoms with Crippen molar-refractivity contribution in [1.29, 1.82) is 0 Å². The van der Waals surface area contributed by atoms with Gasteiger partial charge in [-0.25, -0.2) is 0 Å². The Labute approximate surface area is 203 Å². The molecule has 0 heterocycles. The highest BCUT2D eigenvalue weighted by Crippen LogP contribution is 2.24. The molecule has 0 aromatic rings. The molecule has 0 saturated heterocycles. The molecule has 0 aliphatic heterocycles. The highest BCUT2D eigenvalue weighted by molar-refractivity contribution is 6.18. The van der Waals surface area contributed by atoms with Gasteiger partial charge in [-0.05, 0) is 49.4 Å². The van der Waals surface area contributed by atoms with Gasteiger partial charge in [-0.2, -0.15) is 0 Å². The molecule has 1 heteroatoms. The van der Waals surface area contributed by atoms with Crippen molar-refractivity contribution in [1.82, 2.24) is 0 Å². The summed E-state index contributed by atoms with van der Waals surface area (Å²) in [6.45, 7) is 16.8. The maximum absolute atomic E-state index is 5.77. The van der Waals surface area contributed by atoms with E-state index in [4.69, 9.17) is 11.6 Å². The van der Waals surface area contributed by atoms with Gasteiger partial charge >= 0.3 is 0 Å². The molecule has 0 nitrogen and oxygen atoms in total. The molecule has 0 N–H and O–H groups in total. The third-order valence-corrected chi connectivity index (χ3v) is 7.51.